The Kier molecular flexibility index (Phi) is 6.91. The summed E-state index contributed by atoms with van der Waals surface area (Å²) in [4.78, 5) is 36.2. The van der Waals surface area contributed by atoms with Crippen LogP contribution in [0, 0.1) is 0 Å². The fraction of sp³-hybridized carbons (Fsp3) is 0.292. The minimum Gasteiger partial charge on any atom is -0.493 e. The predicted molar refractivity (Wildman–Crippen MR) is 123 cm³/mol. The number of esters is 1. The molecule has 3 aromatic rings. The van der Waals surface area contributed by atoms with Gasteiger partial charge >= 0.3 is 5.97 Å². The topological polar surface area (TPSA) is 122 Å². The van der Waals surface area contributed by atoms with Crippen LogP contribution in [-0.2, 0) is 26.3 Å². The summed E-state index contributed by atoms with van der Waals surface area (Å²) in [5.74, 6) is -1.97. The van der Waals surface area contributed by atoms with Crippen LogP contribution in [0.2, 0.25) is 0 Å². The zero-order valence-corrected chi connectivity index (χ0v) is 19.0. The molecule has 0 radical (unpaired) electrons. The summed E-state index contributed by atoms with van der Waals surface area (Å²) in [6, 6.07) is 14.0. The molecule has 0 aliphatic heterocycles. The lowest BCUT2D eigenvalue weighted by atomic mass is 9.87. The van der Waals surface area contributed by atoms with E-state index in [-0.39, 0.29) is 30.1 Å². The van der Waals surface area contributed by atoms with Gasteiger partial charge in [-0.05, 0) is 29.2 Å². The van der Waals surface area contributed by atoms with E-state index in [9.17, 15) is 19.5 Å². The predicted octanol–water partition coefficient (Wildman–Crippen LogP) is 3.86. The third-order valence-corrected chi connectivity index (χ3v) is 5.11. The van der Waals surface area contributed by atoms with Crippen LogP contribution in [0.4, 0.5) is 5.69 Å². The average molecular weight is 450 g/mol. The van der Waals surface area contributed by atoms with E-state index in [1.165, 1.54) is 11.7 Å². The molecular weight excluding hydrogens is 424 g/mol. The van der Waals surface area contributed by atoms with Crippen molar-refractivity contribution in [3.63, 3.8) is 0 Å². The van der Waals surface area contributed by atoms with Crippen molar-refractivity contribution in [1.29, 1.82) is 0 Å². The Morgan fingerprint density at radius 1 is 1.06 bits per heavy atom. The number of hydrogen-bond acceptors (Lipinski definition) is 6. The number of fused-ring (bicyclic) bond motifs is 1. The van der Waals surface area contributed by atoms with Crippen molar-refractivity contribution in [2.75, 3.05) is 13.7 Å². The number of methoxy groups -OCH3 is 1. The lowest BCUT2D eigenvalue weighted by Gasteiger charge is -2.18. The molecule has 0 aliphatic rings. The molecular formula is C24H26N4O5. The van der Waals surface area contributed by atoms with Crippen LogP contribution < -0.4 is 5.32 Å². The number of hydrogen-bond donors (Lipinski definition) is 2. The highest BCUT2D eigenvalue weighted by atomic mass is 16.5. The number of aromatic hydroxyl groups is 1. The maximum absolute atomic E-state index is 12.3. The Hall–Kier alpha value is -4.01. The van der Waals surface area contributed by atoms with E-state index < -0.39 is 17.8 Å². The molecule has 0 saturated carbocycles. The first-order valence-corrected chi connectivity index (χ1v) is 10.3. The van der Waals surface area contributed by atoms with Crippen molar-refractivity contribution in [3.05, 3.63) is 59.7 Å². The third kappa shape index (κ3) is 5.43. The van der Waals surface area contributed by atoms with Crippen molar-refractivity contribution in [1.82, 2.24) is 9.88 Å². The van der Waals surface area contributed by atoms with E-state index in [1.54, 1.807) is 36.4 Å². The van der Waals surface area contributed by atoms with Crippen LogP contribution in [-0.4, -0.2) is 41.1 Å². The number of nitrogens with zero attached hydrogens (tertiary/aromatic N) is 3. The van der Waals surface area contributed by atoms with Gasteiger partial charge in [0.1, 0.15) is 13.1 Å². The van der Waals surface area contributed by atoms with Crippen molar-refractivity contribution < 1.29 is 24.2 Å². The minimum atomic E-state index is -0.695. The number of azo groups is 1. The number of benzene rings is 2. The summed E-state index contributed by atoms with van der Waals surface area (Å²) in [6.07, 6.45) is 0. The van der Waals surface area contributed by atoms with Gasteiger partial charge in [0, 0.05) is 10.9 Å². The number of ether oxygens (including phenoxy) is 1. The van der Waals surface area contributed by atoms with Gasteiger partial charge in [0.15, 0.2) is 5.69 Å². The van der Waals surface area contributed by atoms with Crippen molar-refractivity contribution >= 4 is 34.4 Å². The molecule has 0 bridgehead atoms. The maximum atomic E-state index is 12.3. The second kappa shape index (κ2) is 9.64. The Balaban J connectivity index is 1.70. The van der Waals surface area contributed by atoms with Crippen LogP contribution in [0.15, 0.2) is 58.8 Å². The van der Waals surface area contributed by atoms with Crippen LogP contribution >= 0.6 is 0 Å². The molecule has 9 nitrogen and oxygen atoms in total. The van der Waals surface area contributed by atoms with E-state index in [1.807, 2.05) is 12.1 Å². The average Bonchev–Trinajstić information content (AvgIpc) is 3.06. The molecule has 0 aliphatic carbocycles. The van der Waals surface area contributed by atoms with Crippen LogP contribution in [0.1, 0.15) is 36.7 Å². The van der Waals surface area contributed by atoms with Gasteiger partial charge in [-0.25, -0.2) is 0 Å². The number of carbonyl (C=O) groups excluding carboxylic acids is 3. The van der Waals surface area contributed by atoms with Crippen LogP contribution in [0.5, 0.6) is 5.88 Å². The molecule has 0 spiro atoms. The highest BCUT2D eigenvalue weighted by Crippen LogP contribution is 2.38. The zero-order valence-electron chi connectivity index (χ0n) is 19.0. The van der Waals surface area contributed by atoms with Crippen LogP contribution in [0.3, 0.4) is 0 Å². The lowest BCUT2D eigenvalue weighted by Crippen LogP contribution is -2.28. The van der Waals surface area contributed by atoms with Gasteiger partial charge in [-0.3, -0.25) is 19.0 Å². The van der Waals surface area contributed by atoms with E-state index in [0.717, 1.165) is 5.56 Å². The molecule has 172 valence electrons. The number of aromatic nitrogens is 1. The lowest BCUT2D eigenvalue weighted by molar-refractivity contribution is -0.141. The Labute approximate surface area is 191 Å². The highest BCUT2D eigenvalue weighted by Gasteiger charge is 2.19. The van der Waals surface area contributed by atoms with Gasteiger partial charge in [-0.2, -0.15) is 0 Å². The molecule has 0 fully saturated rings. The zero-order chi connectivity index (χ0) is 24.2. The third-order valence-electron chi connectivity index (χ3n) is 5.11. The molecule has 0 unspecified atom stereocenters. The van der Waals surface area contributed by atoms with E-state index in [2.05, 4.69) is 41.1 Å². The summed E-state index contributed by atoms with van der Waals surface area (Å²) in [5, 5.41) is 21.1. The van der Waals surface area contributed by atoms with Crippen molar-refractivity contribution in [3.8, 4) is 5.88 Å². The number of rotatable bonds is 6. The van der Waals surface area contributed by atoms with Gasteiger partial charge in [0.05, 0.1) is 12.6 Å². The molecule has 33 heavy (non-hydrogen) atoms. The summed E-state index contributed by atoms with van der Waals surface area (Å²) < 4.78 is 5.98. The highest BCUT2D eigenvalue weighted by molar-refractivity contribution is 5.97. The molecule has 2 N–H and O–H groups in total. The largest absolute Gasteiger partial charge is 0.493 e. The summed E-state index contributed by atoms with van der Waals surface area (Å²) in [7, 11) is 1.25. The fourth-order valence-corrected chi connectivity index (χ4v) is 3.24. The van der Waals surface area contributed by atoms with Gasteiger partial charge < -0.3 is 15.2 Å². The van der Waals surface area contributed by atoms with Gasteiger partial charge in [-0.15, -0.1) is 10.2 Å². The summed E-state index contributed by atoms with van der Waals surface area (Å²) in [5.41, 5.74) is 2.07. The van der Waals surface area contributed by atoms with E-state index in [4.69, 9.17) is 0 Å². The number of para-hydroxylation sites is 1. The van der Waals surface area contributed by atoms with Crippen molar-refractivity contribution in [2.45, 2.75) is 32.7 Å². The normalized spacial score (nSPS) is 11.6. The smallest absolute Gasteiger partial charge is 0.325 e. The van der Waals surface area contributed by atoms with E-state index >= 15 is 0 Å². The quantitative estimate of drug-likeness (QED) is 0.436. The molecule has 1 aromatic heterocycles. The maximum Gasteiger partial charge on any atom is 0.325 e. The summed E-state index contributed by atoms with van der Waals surface area (Å²) in [6.45, 7) is 5.66. The number of carbonyl (C=O) groups is 3. The molecule has 2 aromatic carbocycles. The number of amides is 2. The monoisotopic (exact) mass is 450 g/mol. The molecule has 1 heterocycles. The van der Waals surface area contributed by atoms with Crippen LogP contribution in [0.25, 0.3) is 10.9 Å². The first kappa shape index (κ1) is 23.6. The molecule has 9 heteroatoms. The molecule has 3 rings (SSSR count). The second-order valence-electron chi connectivity index (χ2n) is 8.46. The standard InChI is InChI=1S/C24H26N4O5/c1-24(2,3)16-11-9-15(10-12-16)22(31)25-13-19(29)26-27-21-17-7-5-6-8-18(17)28(23(21)32)14-20(30)33-4/h5-12,32H,13-14H2,1-4H3,(H,25,31). The molecule has 0 atom stereocenters. The Bertz CT molecular complexity index is 1220. The summed E-state index contributed by atoms with van der Waals surface area (Å²) >= 11 is 0. The fourth-order valence-electron chi connectivity index (χ4n) is 3.24. The first-order valence-electron chi connectivity index (χ1n) is 10.3. The van der Waals surface area contributed by atoms with Gasteiger partial charge in [0.2, 0.25) is 5.88 Å². The molecule has 0 saturated heterocycles. The van der Waals surface area contributed by atoms with Gasteiger partial charge in [-0.1, -0.05) is 51.1 Å². The van der Waals surface area contributed by atoms with E-state index in [0.29, 0.717) is 16.5 Å². The second-order valence-corrected chi connectivity index (χ2v) is 8.46. The molecule has 2 amide bonds. The van der Waals surface area contributed by atoms with Gasteiger partial charge in [0.25, 0.3) is 11.8 Å². The Morgan fingerprint density at radius 3 is 2.36 bits per heavy atom. The first-order chi connectivity index (χ1) is 15.6. The number of nitrogens with one attached hydrogen (secondary N) is 1. The minimum absolute atomic E-state index is 0.0309. The van der Waals surface area contributed by atoms with Crippen molar-refractivity contribution in [2.24, 2.45) is 10.2 Å². The SMILES string of the molecule is COC(=O)Cn1c(O)c(N=NC(=O)CNC(=O)c2ccc(C(C)(C)C)cc2)c2ccccc21. The Morgan fingerprint density at radius 2 is 1.73 bits per heavy atom.